The van der Waals surface area contributed by atoms with Gasteiger partial charge in [-0.3, -0.25) is 5.32 Å². The van der Waals surface area contributed by atoms with Crippen LogP contribution in [0, 0.1) is 18.2 Å². The largest absolute Gasteiger partial charge is 0.467 e. The fourth-order valence-electron chi connectivity index (χ4n) is 1.60. The molecule has 1 N–H and O–H groups in total. The molecule has 0 fully saturated rings. The van der Waals surface area contributed by atoms with Gasteiger partial charge in [0.2, 0.25) is 0 Å². The summed E-state index contributed by atoms with van der Waals surface area (Å²) >= 11 is 3.16. The predicted octanol–water partition coefficient (Wildman–Crippen LogP) is 2.20. The van der Waals surface area contributed by atoms with Crippen molar-refractivity contribution in [1.29, 1.82) is 0 Å². The fourth-order valence-corrected chi connectivity index (χ4v) is 1.94. The summed E-state index contributed by atoms with van der Waals surface area (Å²) in [5.74, 6) is 1.24. The molecule has 1 aromatic rings. The lowest BCUT2D eigenvalue weighted by Crippen LogP contribution is -2.48. The molecule has 0 aliphatic rings. The molecule has 1 unspecified atom stereocenters. The third-order valence-corrected chi connectivity index (χ3v) is 3.10. The van der Waals surface area contributed by atoms with Crippen molar-refractivity contribution in [1.82, 2.24) is 5.32 Å². The number of carbonyl (C=O) groups excluding carboxylic acids is 1. The van der Waals surface area contributed by atoms with Crippen molar-refractivity contribution in [3.8, 4) is 12.3 Å². The highest BCUT2D eigenvalue weighted by atomic mass is 79.9. The third-order valence-electron chi connectivity index (χ3n) is 2.61. The molecule has 1 atom stereocenters. The van der Waals surface area contributed by atoms with E-state index in [2.05, 4.69) is 27.2 Å². The lowest BCUT2D eigenvalue weighted by Gasteiger charge is -2.28. The minimum Gasteiger partial charge on any atom is -0.467 e. The first kappa shape index (κ1) is 14.7. The monoisotopic (exact) mass is 313 g/mol. The van der Waals surface area contributed by atoms with Crippen molar-refractivity contribution in [3.05, 3.63) is 34.1 Å². The average molecular weight is 314 g/mol. The Morgan fingerprint density at radius 3 is 2.83 bits per heavy atom. The Kier molecular flexibility index (Phi) is 4.88. The number of hydrogen-bond donors (Lipinski definition) is 1. The molecule has 0 aromatic heterocycles. The van der Waals surface area contributed by atoms with E-state index >= 15 is 0 Å². The quantitative estimate of drug-likeness (QED) is 0.684. The Hall–Kier alpha value is -1.38. The molecule has 0 spiro atoms. The zero-order valence-electron chi connectivity index (χ0n) is 10.1. The Labute approximate surface area is 114 Å². The van der Waals surface area contributed by atoms with Gasteiger partial charge in [0.15, 0.2) is 0 Å². The molecular weight excluding hydrogens is 301 g/mol. The van der Waals surface area contributed by atoms with Crippen LogP contribution in [-0.2, 0) is 15.1 Å². The van der Waals surface area contributed by atoms with Gasteiger partial charge in [-0.15, -0.1) is 6.42 Å². The van der Waals surface area contributed by atoms with Crippen LogP contribution in [0.1, 0.15) is 12.5 Å². The van der Waals surface area contributed by atoms with Gasteiger partial charge in [-0.1, -0.05) is 27.9 Å². The normalized spacial score (nSPS) is 13.5. The number of terminal acetylenes is 1. The van der Waals surface area contributed by atoms with E-state index in [1.165, 1.54) is 26.2 Å². The second-order valence-electron chi connectivity index (χ2n) is 3.80. The average Bonchev–Trinajstić information content (AvgIpc) is 2.34. The van der Waals surface area contributed by atoms with E-state index in [1.807, 2.05) is 0 Å². The van der Waals surface area contributed by atoms with E-state index in [0.29, 0.717) is 4.47 Å². The van der Waals surface area contributed by atoms with E-state index in [9.17, 15) is 9.18 Å². The maximum Gasteiger partial charge on any atom is 0.330 e. The van der Waals surface area contributed by atoms with Crippen LogP contribution in [-0.4, -0.2) is 19.6 Å². The summed E-state index contributed by atoms with van der Waals surface area (Å²) in [6.45, 7) is 1.66. The molecule has 0 aliphatic carbocycles. The number of halogens is 2. The third kappa shape index (κ3) is 2.89. The summed E-state index contributed by atoms with van der Waals surface area (Å²) < 4.78 is 19.2. The summed E-state index contributed by atoms with van der Waals surface area (Å²) in [7, 11) is 1.24. The van der Waals surface area contributed by atoms with Gasteiger partial charge in [-0.2, -0.15) is 0 Å². The summed E-state index contributed by atoms with van der Waals surface area (Å²) in [5.41, 5.74) is -1.13. The van der Waals surface area contributed by atoms with Crippen molar-refractivity contribution < 1.29 is 13.9 Å². The number of hydrogen-bond acceptors (Lipinski definition) is 3. The highest BCUT2D eigenvalue weighted by Gasteiger charge is 2.38. The maximum atomic E-state index is 13.9. The zero-order valence-corrected chi connectivity index (χ0v) is 11.7. The number of carbonyl (C=O) groups is 1. The van der Waals surface area contributed by atoms with Gasteiger partial charge in [-0.25, -0.2) is 9.18 Å². The van der Waals surface area contributed by atoms with Crippen LogP contribution >= 0.6 is 15.9 Å². The number of nitrogens with one attached hydrogen (secondary N) is 1. The van der Waals surface area contributed by atoms with Crippen LogP contribution in [0.3, 0.4) is 0 Å². The van der Waals surface area contributed by atoms with Crippen molar-refractivity contribution in [2.75, 3.05) is 13.7 Å². The molecule has 0 bridgehead atoms. The topological polar surface area (TPSA) is 38.3 Å². The van der Waals surface area contributed by atoms with Crippen LogP contribution < -0.4 is 5.32 Å². The Balaban J connectivity index is 3.25. The number of ether oxygens (including phenoxy) is 1. The summed E-state index contributed by atoms with van der Waals surface area (Å²) in [6, 6.07) is 4.45. The molecule has 0 heterocycles. The van der Waals surface area contributed by atoms with Crippen molar-refractivity contribution in [3.63, 3.8) is 0 Å². The number of rotatable bonds is 4. The van der Waals surface area contributed by atoms with Crippen LogP contribution in [0.2, 0.25) is 0 Å². The second-order valence-corrected chi connectivity index (χ2v) is 4.71. The van der Waals surface area contributed by atoms with Crippen LogP contribution in [0.25, 0.3) is 0 Å². The highest BCUT2D eigenvalue weighted by molar-refractivity contribution is 9.10. The first-order chi connectivity index (χ1) is 8.45. The molecule has 96 valence electrons. The van der Waals surface area contributed by atoms with Gasteiger partial charge in [0.25, 0.3) is 0 Å². The SMILES string of the molecule is C#CCNC(C)(C(=O)OC)c1ccc(Br)cc1F. The van der Waals surface area contributed by atoms with E-state index in [-0.39, 0.29) is 12.1 Å². The van der Waals surface area contributed by atoms with Gasteiger partial charge in [0.05, 0.1) is 13.7 Å². The Morgan fingerprint density at radius 2 is 2.33 bits per heavy atom. The molecule has 0 radical (unpaired) electrons. The molecule has 0 saturated carbocycles. The van der Waals surface area contributed by atoms with Crippen molar-refractivity contribution >= 4 is 21.9 Å². The summed E-state index contributed by atoms with van der Waals surface area (Å²) in [4.78, 5) is 11.8. The van der Waals surface area contributed by atoms with Gasteiger partial charge >= 0.3 is 5.97 Å². The number of methoxy groups -OCH3 is 1. The minimum absolute atomic E-state index is 0.126. The first-order valence-corrected chi connectivity index (χ1v) is 5.97. The summed E-state index contributed by atoms with van der Waals surface area (Å²) in [6.07, 6.45) is 5.15. The number of esters is 1. The molecule has 5 heteroatoms. The van der Waals surface area contributed by atoms with Crippen LogP contribution in [0.5, 0.6) is 0 Å². The fraction of sp³-hybridized carbons (Fsp3) is 0.308. The van der Waals surface area contributed by atoms with Crippen LogP contribution in [0.4, 0.5) is 4.39 Å². The Morgan fingerprint density at radius 1 is 1.67 bits per heavy atom. The lowest BCUT2D eigenvalue weighted by molar-refractivity contribution is -0.148. The lowest BCUT2D eigenvalue weighted by atomic mass is 9.91. The predicted molar refractivity (Wildman–Crippen MR) is 70.3 cm³/mol. The smallest absolute Gasteiger partial charge is 0.330 e. The van der Waals surface area contributed by atoms with Gasteiger partial charge in [0, 0.05) is 10.0 Å². The Bertz CT molecular complexity index is 498. The first-order valence-electron chi connectivity index (χ1n) is 5.18. The van der Waals surface area contributed by atoms with E-state index in [1.54, 1.807) is 6.07 Å². The molecule has 3 nitrogen and oxygen atoms in total. The summed E-state index contributed by atoms with van der Waals surface area (Å²) in [5, 5.41) is 2.81. The minimum atomic E-state index is -1.31. The van der Waals surface area contributed by atoms with E-state index in [0.717, 1.165) is 0 Å². The second kappa shape index (κ2) is 5.98. The van der Waals surface area contributed by atoms with Crippen molar-refractivity contribution in [2.24, 2.45) is 0 Å². The molecular formula is C13H13BrFNO2. The van der Waals surface area contributed by atoms with Gasteiger partial charge < -0.3 is 4.74 Å². The highest BCUT2D eigenvalue weighted by Crippen LogP contribution is 2.27. The standard InChI is InChI=1S/C13H13BrFNO2/c1-4-7-16-13(2,12(17)18-3)10-6-5-9(14)8-11(10)15/h1,5-6,8,16H,7H2,2-3H3. The molecule has 0 aliphatic heterocycles. The molecule has 1 aromatic carbocycles. The van der Waals surface area contributed by atoms with Crippen molar-refractivity contribution in [2.45, 2.75) is 12.5 Å². The molecule has 18 heavy (non-hydrogen) atoms. The molecule has 1 rings (SSSR count). The number of benzene rings is 1. The van der Waals surface area contributed by atoms with E-state index in [4.69, 9.17) is 11.2 Å². The zero-order chi connectivity index (χ0) is 13.8. The molecule has 0 amide bonds. The molecule has 0 saturated heterocycles. The van der Waals surface area contributed by atoms with Gasteiger partial charge in [-0.05, 0) is 19.1 Å². The maximum absolute atomic E-state index is 13.9. The van der Waals surface area contributed by atoms with Crippen LogP contribution in [0.15, 0.2) is 22.7 Å². The van der Waals surface area contributed by atoms with E-state index < -0.39 is 17.3 Å². The van der Waals surface area contributed by atoms with Gasteiger partial charge in [0.1, 0.15) is 11.4 Å².